The minimum absolute atomic E-state index is 0. The van der Waals surface area contributed by atoms with Gasteiger partial charge in [0, 0.05) is 18.1 Å². The quantitative estimate of drug-likeness (QED) is 0.432. The molecule has 0 radical (unpaired) electrons. The first-order valence-electron chi connectivity index (χ1n) is 7.18. The average Bonchev–Trinajstić information content (AvgIpc) is 3.00. The SMILES string of the molecule is CCc1cnc(CNC(=NC)NC(C)c2ccccc2)s1.I. The Morgan fingerprint density at radius 2 is 2.05 bits per heavy atom. The zero-order chi connectivity index (χ0) is 15.1. The molecule has 0 aliphatic heterocycles. The maximum Gasteiger partial charge on any atom is 0.191 e. The summed E-state index contributed by atoms with van der Waals surface area (Å²) >= 11 is 1.74. The van der Waals surface area contributed by atoms with Crippen molar-refractivity contribution < 1.29 is 0 Å². The Morgan fingerprint density at radius 3 is 2.64 bits per heavy atom. The Hall–Kier alpha value is -1.15. The number of aryl methyl sites for hydroxylation is 1. The Balaban J connectivity index is 0.00000242. The van der Waals surface area contributed by atoms with Crippen LogP contribution in [0.15, 0.2) is 41.5 Å². The van der Waals surface area contributed by atoms with Gasteiger partial charge in [-0.05, 0) is 18.9 Å². The van der Waals surface area contributed by atoms with E-state index in [1.165, 1.54) is 10.4 Å². The molecule has 1 heterocycles. The molecule has 1 aromatic carbocycles. The molecule has 0 saturated heterocycles. The first-order valence-corrected chi connectivity index (χ1v) is 8.00. The van der Waals surface area contributed by atoms with Crippen molar-refractivity contribution >= 4 is 41.3 Å². The summed E-state index contributed by atoms with van der Waals surface area (Å²) in [5.41, 5.74) is 1.24. The van der Waals surface area contributed by atoms with Crippen molar-refractivity contribution in [3.05, 3.63) is 52.0 Å². The zero-order valence-corrected chi connectivity index (χ0v) is 16.3. The summed E-state index contributed by atoms with van der Waals surface area (Å²) in [5.74, 6) is 0.791. The van der Waals surface area contributed by atoms with Crippen molar-refractivity contribution in [2.75, 3.05) is 7.05 Å². The van der Waals surface area contributed by atoms with E-state index >= 15 is 0 Å². The number of halogens is 1. The number of rotatable bonds is 5. The fraction of sp³-hybridized carbons (Fsp3) is 0.375. The normalized spacial score (nSPS) is 12.4. The van der Waals surface area contributed by atoms with Gasteiger partial charge in [0.05, 0.1) is 12.6 Å². The lowest BCUT2D eigenvalue weighted by atomic mass is 10.1. The molecule has 2 rings (SSSR count). The van der Waals surface area contributed by atoms with Crippen LogP contribution in [0.25, 0.3) is 0 Å². The van der Waals surface area contributed by atoms with Gasteiger partial charge < -0.3 is 10.6 Å². The molecular formula is C16H23IN4S. The highest BCUT2D eigenvalue weighted by Crippen LogP contribution is 2.13. The highest BCUT2D eigenvalue weighted by atomic mass is 127. The van der Waals surface area contributed by atoms with E-state index in [1.54, 1.807) is 18.4 Å². The lowest BCUT2D eigenvalue weighted by molar-refractivity contribution is 0.685. The van der Waals surface area contributed by atoms with Crippen molar-refractivity contribution in [3.8, 4) is 0 Å². The van der Waals surface area contributed by atoms with Gasteiger partial charge in [-0.25, -0.2) is 4.98 Å². The van der Waals surface area contributed by atoms with Crippen LogP contribution < -0.4 is 10.6 Å². The number of hydrogen-bond donors (Lipinski definition) is 2. The van der Waals surface area contributed by atoms with Crippen LogP contribution in [0.4, 0.5) is 0 Å². The molecular weight excluding hydrogens is 407 g/mol. The van der Waals surface area contributed by atoms with Gasteiger partial charge in [0.2, 0.25) is 0 Å². The number of hydrogen-bond acceptors (Lipinski definition) is 3. The van der Waals surface area contributed by atoms with Crippen molar-refractivity contribution in [2.45, 2.75) is 32.9 Å². The second-order valence-corrected chi connectivity index (χ2v) is 5.98. The highest BCUT2D eigenvalue weighted by molar-refractivity contribution is 14.0. The fourth-order valence-corrected chi connectivity index (χ4v) is 2.78. The van der Waals surface area contributed by atoms with Gasteiger partial charge in [-0.15, -0.1) is 35.3 Å². The Bertz CT molecular complexity index is 583. The van der Waals surface area contributed by atoms with Gasteiger partial charge in [0.25, 0.3) is 0 Å². The summed E-state index contributed by atoms with van der Waals surface area (Å²) in [4.78, 5) is 9.98. The van der Waals surface area contributed by atoms with Crippen LogP contribution >= 0.6 is 35.3 Å². The van der Waals surface area contributed by atoms with Gasteiger partial charge in [0.15, 0.2) is 5.96 Å². The van der Waals surface area contributed by atoms with Crippen LogP contribution in [0.3, 0.4) is 0 Å². The van der Waals surface area contributed by atoms with E-state index in [-0.39, 0.29) is 30.0 Å². The summed E-state index contributed by atoms with van der Waals surface area (Å²) in [6, 6.07) is 10.5. The summed E-state index contributed by atoms with van der Waals surface area (Å²) in [7, 11) is 1.78. The molecule has 120 valence electrons. The van der Waals surface area contributed by atoms with Crippen LogP contribution in [-0.2, 0) is 13.0 Å². The zero-order valence-electron chi connectivity index (χ0n) is 13.2. The van der Waals surface area contributed by atoms with Crippen molar-refractivity contribution in [1.82, 2.24) is 15.6 Å². The maximum atomic E-state index is 4.40. The Labute approximate surface area is 153 Å². The molecule has 0 aliphatic carbocycles. The topological polar surface area (TPSA) is 49.3 Å². The van der Waals surface area contributed by atoms with Gasteiger partial charge in [-0.2, -0.15) is 0 Å². The van der Waals surface area contributed by atoms with Gasteiger partial charge in [0.1, 0.15) is 5.01 Å². The highest BCUT2D eigenvalue weighted by Gasteiger charge is 2.08. The third-order valence-electron chi connectivity index (χ3n) is 3.23. The molecule has 4 nitrogen and oxygen atoms in total. The lowest BCUT2D eigenvalue weighted by Crippen LogP contribution is -2.38. The number of thiazole rings is 1. The van der Waals surface area contributed by atoms with Crippen LogP contribution in [0.2, 0.25) is 0 Å². The molecule has 0 aliphatic rings. The van der Waals surface area contributed by atoms with Gasteiger partial charge >= 0.3 is 0 Å². The molecule has 22 heavy (non-hydrogen) atoms. The predicted molar refractivity (Wildman–Crippen MR) is 105 cm³/mol. The van der Waals surface area contributed by atoms with Crippen molar-refractivity contribution in [1.29, 1.82) is 0 Å². The Kier molecular flexibility index (Phi) is 8.40. The van der Waals surface area contributed by atoms with E-state index in [1.807, 2.05) is 24.4 Å². The number of nitrogens with one attached hydrogen (secondary N) is 2. The standard InChI is InChI=1S/C16H22N4S.HI/c1-4-14-10-18-15(21-14)11-19-16(17-3)20-12(2)13-8-6-5-7-9-13;/h5-10,12H,4,11H2,1-3H3,(H2,17,19,20);1H. The molecule has 0 bridgehead atoms. The number of aromatic nitrogens is 1. The van der Waals surface area contributed by atoms with E-state index in [0.29, 0.717) is 6.54 Å². The molecule has 2 aromatic rings. The lowest BCUT2D eigenvalue weighted by Gasteiger charge is -2.17. The van der Waals surface area contributed by atoms with E-state index in [2.05, 4.69) is 46.6 Å². The number of nitrogens with zero attached hydrogens (tertiary/aromatic N) is 2. The van der Waals surface area contributed by atoms with E-state index in [4.69, 9.17) is 0 Å². The number of benzene rings is 1. The second-order valence-electron chi connectivity index (χ2n) is 4.78. The first kappa shape index (κ1) is 18.9. The fourth-order valence-electron chi connectivity index (χ4n) is 1.98. The molecule has 2 N–H and O–H groups in total. The van der Waals surface area contributed by atoms with E-state index < -0.39 is 0 Å². The third kappa shape index (κ3) is 5.57. The third-order valence-corrected chi connectivity index (χ3v) is 4.38. The smallest absolute Gasteiger partial charge is 0.191 e. The van der Waals surface area contributed by atoms with Gasteiger partial charge in [-0.1, -0.05) is 37.3 Å². The largest absolute Gasteiger partial charge is 0.350 e. The summed E-state index contributed by atoms with van der Waals surface area (Å²) < 4.78 is 0. The van der Waals surface area contributed by atoms with Crippen molar-refractivity contribution in [3.63, 3.8) is 0 Å². The molecule has 0 spiro atoms. The average molecular weight is 430 g/mol. The Morgan fingerprint density at radius 1 is 1.32 bits per heavy atom. The maximum absolute atomic E-state index is 4.40. The van der Waals surface area contributed by atoms with Crippen LogP contribution in [0, 0.1) is 0 Å². The number of guanidine groups is 1. The summed E-state index contributed by atoms with van der Waals surface area (Å²) in [6.07, 6.45) is 2.99. The van der Waals surface area contributed by atoms with E-state index in [9.17, 15) is 0 Å². The molecule has 0 amide bonds. The van der Waals surface area contributed by atoms with E-state index in [0.717, 1.165) is 17.4 Å². The molecule has 0 saturated carbocycles. The minimum Gasteiger partial charge on any atom is -0.350 e. The monoisotopic (exact) mass is 430 g/mol. The molecule has 1 aromatic heterocycles. The van der Waals surface area contributed by atoms with Crippen LogP contribution in [0.5, 0.6) is 0 Å². The first-order chi connectivity index (χ1) is 10.2. The summed E-state index contributed by atoms with van der Waals surface area (Å²) in [5, 5.41) is 7.79. The molecule has 6 heteroatoms. The van der Waals surface area contributed by atoms with Crippen LogP contribution in [0.1, 0.15) is 35.3 Å². The molecule has 1 atom stereocenters. The summed E-state index contributed by atoms with van der Waals surface area (Å²) in [6.45, 7) is 4.97. The molecule has 0 fully saturated rings. The second kappa shape index (κ2) is 9.78. The minimum atomic E-state index is 0. The van der Waals surface area contributed by atoms with Gasteiger partial charge in [-0.3, -0.25) is 4.99 Å². The number of aliphatic imine (C=N–C) groups is 1. The predicted octanol–water partition coefficient (Wildman–Crippen LogP) is 3.75. The van der Waals surface area contributed by atoms with Crippen molar-refractivity contribution in [2.24, 2.45) is 4.99 Å². The van der Waals surface area contributed by atoms with Crippen LogP contribution in [-0.4, -0.2) is 18.0 Å². The molecule has 1 unspecified atom stereocenters.